The molecule has 0 bridgehead atoms. The highest BCUT2D eigenvalue weighted by Gasteiger charge is 2.29. The van der Waals surface area contributed by atoms with Gasteiger partial charge < -0.3 is 10.2 Å². The van der Waals surface area contributed by atoms with E-state index in [2.05, 4.69) is 5.32 Å². The fourth-order valence-electron chi connectivity index (χ4n) is 4.63. The average molecular weight is 552 g/mol. The fourth-order valence-corrected chi connectivity index (χ4v) is 5.82. The van der Waals surface area contributed by atoms with E-state index in [-0.39, 0.29) is 43.8 Å². The van der Waals surface area contributed by atoms with Gasteiger partial charge in [0.15, 0.2) is 0 Å². The maximum Gasteiger partial charge on any atom is 0.242 e. The molecule has 2 aromatic rings. The number of anilines is 1. The van der Waals surface area contributed by atoms with Gasteiger partial charge in [0.2, 0.25) is 21.8 Å². The fraction of sp³-hybridized carbons (Fsp3) is 0.481. The van der Waals surface area contributed by atoms with Gasteiger partial charge in [-0.05, 0) is 56.9 Å². The van der Waals surface area contributed by atoms with Crippen LogP contribution in [0, 0.1) is 12.7 Å². The Labute approximate surface area is 224 Å². The second-order valence-electron chi connectivity index (χ2n) is 9.60. The van der Waals surface area contributed by atoms with E-state index in [1.807, 2.05) is 0 Å². The first-order valence-electron chi connectivity index (χ1n) is 12.5. The van der Waals surface area contributed by atoms with Crippen LogP contribution in [0.1, 0.15) is 56.6 Å². The number of hydrogen-bond donors (Lipinski definition) is 1. The predicted molar refractivity (Wildman–Crippen MR) is 144 cm³/mol. The second-order valence-corrected chi connectivity index (χ2v) is 11.9. The Morgan fingerprint density at radius 3 is 2.46 bits per heavy atom. The number of hydrogen-bond acceptors (Lipinski definition) is 4. The summed E-state index contributed by atoms with van der Waals surface area (Å²) in [4.78, 5) is 27.7. The van der Waals surface area contributed by atoms with Crippen LogP contribution in [0.2, 0.25) is 5.02 Å². The Kier molecular flexibility index (Phi) is 9.95. The van der Waals surface area contributed by atoms with Crippen LogP contribution in [0.15, 0.2) is 42.5 Å². The van der Waals surface area contributed by atoms with Crippen LogP contribution in [0.4, 0.5) is 10.1 Å². The molecule has 0 radical (unpaired) electrons. The molecule has 1 N–H and O–H groups in total. The van der Waals surface area contributed by atoms with Crippen molar-refractivity contribution < 1.29 is 22.4 Å². The van der Waals surface area contributed by atoms with Gasteiger partial charge in [-0.3, -0.25) is 13.9 Å². The van der Waals surface area contributed by atoms with E-state index in [0.717, 1.165) is 31.9 Å². The Balaban J connectivity index is 1.75. The Morgan fingerprint density at radius 2 is 1.81 bits per heavy atom. The number of nitrogens with one attached hydrogen (secondary N) is 1. The third-order valence-corrected chi connectivity index (χ3v) is 8.42. The smallest absolute Gasteiger partial charge is 0.242 e. The summed E-state index contributed by atoms with van der Waals surface area (Å²) in [6, 6.07) is 10.5. The zero-order valence-electron chi connectivity index (χ0n) is 21.5. The average Bonchev–Trinajstić information content (AvgIpc) is 3.35. The standard InChI is InChI=1S/C27H35ClFN3O4S/c1-19-23(28)13-8-15-25(19)32(37(3,35)36)17-9-16-26(33)31(18-21-10-4-7-14-24(21)29)20(2)27(34)30-22-11-5-6-12-22/h4,7-8,10,13-15,20,22H,5-6,9,11-12,16-18H2,1-3H3,(H,30,34). The van der Waals surface area contributed by atoms with Crippen molar-refractivity contribution in [3.05, 3.63) is 64.4 Å². The van der Waals surface area contributed by atoms with Crippen molar-refractivity contribution in [3.8, 4) is 0 Å². The first-order valence-corrected chi connectivity index (χ1v) is 14.8. The number of sulfonamides is 1. The molecule has 1 atom stereocenters. The second kappa shape index (κ2) is 12.7. The van der Waals surface area contributed by atoms with Crippen molar-refractivity contribution in [1.82, 2.24) is 10.2 Å². The largest absolute Gasteiger partial charge is 0.352 e. The lowest BCUT2D eigenvalue weighted by Gasteiger charge is -2.30. The maximum atomic E-state index is 14.4. The van der Waals surface area contributed by atoms with Crippen LogP contribution < -0.4 is 9.62 Å². The predicted octanol–water partition coefficient (Wildman–Crippen LogP) is 4.81. The first kappa shape index (κ1) is 28.9. The summed E-state index contributed by atoms with van der Waals surface area (Å²) < 4.78 is 40.7. The summed E-state index contributed by atoms with van der Waals surface area (Å²) in [5.41, 5.74) is 1.39. The number of benzene rings is 2. The highest BCUT2D eigenvalue weighted by molar-refractivity contribution is 7.92. The number of halogens is 2. The molecule has 10 heteroatoms. The molecular weight excluding hydrogens is 517 g/mol. The van der Waals surface area contributed by atoms with Crippen molar-refractivity contribution >= 4 is 39.1 Å². The van der Waals surface area contributed by atoms with E-state index < -0.39 is 21.9 Å². The molecular formula is C27H35ClFN3O4S. The molecule has 3 rings (SSSR count). The highest BCUT2D eigenvalue weighted by atomic mass is 35.5. The first-order chi connectivity index (χ1) is 17.5. The molecule has 0 aromatic heterocycles. The summed E-state index contributed by atoms with van der Waals surface area (Å²) in [6.07, 6.45) is 5.23. The summed E-state index contributed by atoms with van der Waals surface area (Å²) in [6.45, 7) is 3.37. The van der Waals surface area contributed by atoms with Crippen LogP contribution in [-0.2, 0) is 26.2 Å². The van der Waals surface area contributed by atoms with E-state index in [0.29, 0.717) is 21.8 Å². The number of nitrogens with zero attached hydrogens (tertiary/aromatic N) is 2. The van der Waals surface area contributed by atoms with Gasteiger partial charge in [0.1, 0.15) is 11.9 Å². The minimum Gasteiger partial charge on any atom is -0.352 e. The highest BCUT2D eigenvalue weighted by Crippen LogP contribution is 2.28. The molecule has 0 heterocycles. The quantitative estimate of drug-likeness (QED) is 0.434. The van der Waals surface area contributed by atoms with Crippen LogP contribution >= 0.6 is 11.6 Å². The normalized spacial score (nSPS) is 14.8. The van der Waals surface area contributed by atoms with Gasteiger partial charge in [-0.15, -0.1) is 0 Å². The van der Waals surface area contributed by atoms with E-state index in [1.54, 1.807) is 50.2 Å². The van der Waals surface area contributed by atoms with E-state index in [1.165, 1.54) is 15.3 Å². The van der Waals surface area contributed by atoms with Gasteiger partial charge in [-0.2, -0.15) is 0 Å². The molecule has 1 aliphatic rings. The molecule has 0 saturated heterocycles. The SMILES string of the molecule is Cc1c(Cl)cccc1N(CCCC(=O)N(Cc1ccccc1F)C(C)C(=O)NC1CCCC1)S(C)(=O)=O. The Hall–Kier alpha value is -2.65. The van der Waals surface area contributed by atoms with Gasteiger partial charge in [-0.1, -0.05) is 48.7 Å². The molecule has 0 aliphatic heterocycles. The van der Waals surface area contributed by atoms with Gasteiger partial charge >= 0.3 is 0 Å². The molecule has 2 amide bonds. The molecule has 2 aromatic carbocycles. The lowest BCUT2D eigenvalue weighted by Crippen LogP contribution is -2.49. The van der Waals surface area contributed by atoms with Gasteiger partial charge in [0.05, 0.1) is 11.9 Å². The van der Waals surface area contributed by atoms with Crippen molar-refractivity contribution in [3.63, 3.8) is 0 Å². The summed E-state index contributed by atoms with van der Waals surface area (Å²) in [7, 11) is -3.64. The topological polar surface area (TPSA) is 86.8 Å². The zero-order valence-corrected chi connectivity index (χ0v) is 23.1. The third kappa shape index (κ3) is 7.68. The van der Waals surface area contributed by atoms with Crippen molar-refractivity contribution in [2.24, 2.45) is 0 Å². The summed E-state index contributed by atoms with van der Waals surface area (Å²) in [5, 5.41) is 3.46. The zero-order chi connectivity index (χ0) is 27.2. The molecule has 37 heavy (non-hydrogen) atoms. The minimum atomic E-state index is -3.64. The number of carbonyl (C=O) groups is 2. The van der Waals surface area contributed by atoms with Gasteiger partial charge in [0.25, 0.3) is 0 Å². The number of rotatable bonds is 11. The van der Waals surface area contributed by atoms with Gasteiger partial charge in [0, 0.05) is 36.1 Å². The molecule has 202 valence electrons. The third-order valence-electron chi connectivity index (χ3n) is 6.83. The Bertz CT molecular complexity index is 1220. The number of carbonyl (C=O) groups excluding carboxylic acids is 2. The monoisotopic (exact) mass is 551 g/mol. The minimum absolute atomic E-state index is 0.0128. The van der Waals surface area contributed by atoms with Crippen molar-refractivity contribution in [1.29, 1.82) is 0 Å². The van der Waals surface area contributed by atoms with E-state index in [9.17, 15) is 22.4 Å². The van der Waals surface area contributed by atoms with E-state index >= 15 is 0 Å². The summed E-state index contributed by atoms with van der Waals surface area (Å²) >= 11 is 6.20. The lowest BCUT2D eigenvalue weighted by molar-refractivity contribution is -0.141. The van der Waals surface area contributed by atoms with Crippen molar-refractivity contribution in [2.75, 3.05) is 17.1 Å². The lowest BCUT2D eigenvalue weighted by atomic mass is 10.1. The molecule has 1 unspecified atom stereocenters. The van der Waals surface area contributed by atoms with E-state index in [4.69, 9.17) is 11.6 Å². The summed E-state index contributed by atoms with van der Waals surface area (Å²) in [5.74, 6) is -1.08. The molecule has 0 spiro atoms. The molecule has 1 aliphatic carbocycles. The number of amides is 2. The van der Waals surface area contributed by atoms with Crippen LogP contribution in [0.25, 0.3) is 0 Å². The molecule has 7 nitrogen and oxygen atoms in total. The molecule has 1 saturated carbocycles. The molecule has 1 fully saturated rings. The van der Waals surface area contributed by atoms with Crippen LogP contribution in [0.3, 0.4) is 0 Å². The van der Waals surface area contributed by atoms with Gasteiger partial charge in [-0.25, -0.2) is 12.8 Å². The Morgan fingerprint density at radius 1 is 1.14 bits per heavy atom. The maximum absolute atomic E-state index is 14.4. The van der Waals surface area contributed by atoms with Crippen molar-refractivity contribution in [2.45, 2.75) is 71.0 Å². The van der Waals surface area contributed by atoms with Crippen LogP contribution in [-0.4, -0.2) is 50.0 Å². The van der Waals surface area contributed by atoms with Crippen LogP contribution in [0.5, 0.6) is 0 Å².